The molecule has 7 heteroatoms. The maximum Gasteiger partial charge on any atom is 0.410 e. The first-order valence-electron chi connectivity index (χ1n) is 6.28. The molecule has 0 aromatic rings. The molecule has 3 atom stereocenters. The van der Waals surface area contributed by atoms with Gasteiger partial charge in [-0.3, -0.25) is 9.69 Å². The zero-order valence-electron chi connectivity index (χ0n) is 11.6. The standard InChI is InChI=1S/C13H17NO6/c1-18-10(15)6-7-8-4-5-9(11(7)12(16)19-2)14(8)13(17)20-3/h6,8-9,11H,4-5H2,1-3H3/b7-6+/t8-,9+,11+/m0/s1. The number of esters is 2. The Kier molecular flexibility index (Phi) is 3.96. The van der Waals surface area contributed by atoms with Crippen LogP contribution in [-0.2, 0) is 23.8 Å². The van der Waals surface area contributed by atoms with E-state index in [2.05, 4.69) is 4.74 Å². The molecule has 7 nitrogen and oxygen atoms in total. The van der Waals surface area contributed by atoms with E-state index in [0.717, 1.165) is 0 Å². The van der Waals surface area contributed by atoms with Crippen LogP contribution in [0.4, 0.5) is 4.79 Å². The Bertz CT molecular complexity index is 471. The summed E-state index contributed by atoms with van der Waals surface area (Å²) in [6.07, 6.45) is 2.15. The van der Waals surface area contributed by atoms with Crippen molar-refractivity contribution in [2.24, 2.45) is 5.92 Å². The normalized spacial score (nSPS) is 29.4. The second-order valence-electron chi connectivity index (χ2n) is 4.71. The molecule has 0 unspecified atom stereocenters. The van der Waals surface area contributed by atoms with Crippen LogP contribution in [0.5, 0.6) is 0 Å². The number of carbonyl (C=O) groups is 3. The van der Waals surface area contributed by atoms with Gasteiger partial charge in [0.05, 0.1) is 33.4 Å². The third kappa shape index (κ3) is 2.13. The summed E-state index contributed by atoms with van der Waals surface area (Å²) >= 11 is 0. The molecule has 0 N–H and O–H groups in total. The van der Waals surface area contributed by atoms with Crippen molar-refractivity contribution in [3.05, 3.63) is 11.6 Å². The van der Waals surface area contributed by atoms with Gasteiger partial charge in [-0.25, -0.2) is 9.59 Å². The molecule has 2 fully saturated rings. The molecule has 2 aliphatic rings. The fraction of sp³-hybridized carbons (Fsp3) is 0.615. The Morgan fingerprint density at radius 1 is 1.10 bits per heavy atom. The number of amides is 1. The zero-order chi connectivity index (χ0) is 14.9. The van der Waals surface area contributed by atoms with Crippen molar-refractivity contribution in [3.8, 4) is 0 Å². The van der Waals surface area contributed by atoms with Crippen LogP contribution in [0, 0.1) is 5.92 Å². The maximum atomic E-state index is 11.9. The molecule has 20 heavy (non-hydrogen) atoms. The lowest BCUT2D eigenvalue weighted by molar-refractivity contribution is -0.144. The fourth-order valence-electron chi connectivity index (χ4n) is 3.09. The smallest absolute Gasteiger partial charge is 0.410 e. The largest absolute Gasteiger partial charge is 0.468 e. The summed E-state index contributed by atoms with van der Waals surface area (Å²) in [5, 5.41) is 0. The van der Waals surface area contributed by atoms with Gasteiger partial charge in [0, 0.05) is 6.08 Å². The highest BCUT2D eigenvalue weighted by molar-refractivity contribution is 5.88. The van der Waals surface area contributed by atoms with Gasteiger partial charge >= 0.3 is 18.0 Å². The highest BCUT2D eigenvalue weighted by atomic mass is 16.5. The van der Waals surface area contributed by atoms with E-state index in [1.807, 2.05) is 0 Å². The summed E-state index contributed by atoms with van der Waals surface area (Å²) in [4.78, 5) is 36.8. The Morgan fingerprint density at radius 2 is 1.80 bits per heavy atom. The Balaban J connectivity index is 2.38. The number of methoxy groups -OCH3 is 3. The van der Waals surface area contributed by atoms with Gasteiger partial charge in [-0.05, 0) is 18.4 Å². The number of ether oxygens (including phenoxy) is 3. The number of rotatable bonds is 2. The minimum atomic E-state index is -0.628. The quantitative estimate of drug-likeness (QED) is 0.417. The van der Waals surface area contributed by atoms with E-state index >= 15 is 0 Å². The molecule has 2 rings (SSSR count). The molecule has 2 saturated heterocycles. The number of fused-ring (bicyclic) bond motifs is 2. The summed E-state index contributed by atoms with van der Waals surface area (Å²) in [6.45, 7) is 0. The molecule has 2 bridgehead atoms. The van der Waals surface area contributed by atoms with Crippen molar-refractivity contribution >= 4 is 18.0 Å². The summed E-state index contributed by atoms with van der Waals surface area (Å²) in [5.74, 6) is -1.63. The van der Waals surface area contributed by atoms with E-state index in [1.165, 1.54) is 32.3 Å². The summed E-state index contributed by atoms with van der Waals surface area (Å²) in [7, 11) is 3.83. The maximum absolute atomic E-state index is 11.9. The van der Waals surface area contributed by atoms with Crippen LogP contribution >= 0.6 is 0 Å². The molecule has 0 aromatic carbocycles. The summed E-state index contributed by atoms with van der Waals surface area (Å²) in [5.41, 5.74) is 0.561. The van der Waals surface area contributed by atoms with E-state index in [-0.39, 0.29) is 12.1 Å². The van der Waals surface area contributed by atoms with E-state index in [1.54, 1.807) is 0 Å². The van der Waals surface area contributed by atoms with Crippen molar-refractivity contribution in [2.75, 3.05) is 21.3 Å². The van der Waals surface area contributed by atoms with Crippen LogP contribution in [0.1, 0.15) is 12.8 Å². The fourth-order valence-corrected chi connectivity index (χ4v) is 3.09. The molecule has 0 aliphatic carbocycles. The van der Waals surface area contributed by atoms with Gasteiger partial charge in [-0.1, -0.05) is 0 Å². The second-order valence-corrected chi connectivity index (χ2v) is 4.71. The van der Waals surface area contributed by atoms with Crippen LogP contribution < -0.4 is 0 Å². The van der Waals surface area contributed by atoms with E-state index in [0.29, 0.717) is 18.4 Å². The molecule has 0 saturated carbocycles. The van der Waals surface area contributed by atoms with Crippen LogP contribution in [0.2, 0.25) is 0 Å². The average molecular weight is 283 g/mol. The van der Waals surface area contributed by atoms with E-state index < -0.39 is 23.9 Å². The van der Waals surface area contributed by atoms with Crippen molar-refractivity contribution in [1.29, 1.82) is 0 Å². The monoisotopic (exact) mass is 283 g/mol. The second kappa shape index (κ2) is 5.52. The lowest BCUT2D eigenvalue weighted by Gasteiger charge is -2.21. The Morgan fingerprint density at radius 3 is 2.35 bits per heavy atom. The van der Waals surface area contributed by atoms with Crippen molar-refractivity contribution in [2.45, 2.75) is 24.9 Å². The predicted octanol–water partition coefficient (Wildman–Crippen LogP) is 0.488. The highest BCUT2D eigenvalue weighted by Gasteiger charge is 2.55. The molecular weight excluding hydrogens is 266 g/mol. The van der Waals surface area contributed by atoms with E-state index in [4.69, 9.17) is 9.47 Å². The number of carbonyl (C=O) groups excluding carboxylic acids is 3. The molecular formula is C13H17NO6. The SMILES string of the molecule is COC(=O)/C=C1/[C@@H](C(=O)OC)[C@H]2CC[C@@H]1N2C(=O)OC. The van der Waals surface area contributed by atoms with Gasteiger partial charge in [0.2, 0.25) is 0 Å². The van der Waals surface area contributed by atoms with Crippen LogP contribution in [0.25, 0.3) is 0 Å². The van der Waals surface area contributed by atoms with Gasteiger partial charge in [0.15, 0.2) is 0 Å². The molecule has 2 aliphatic heterocycles. The first-order chi connectivity index (χ1) is 9.54. The molecule has 0 radical (unpaired) electrons. The topological polar surface area (TPSA) is 82.1 Å². The van der Waals surface area contributed by atoms with Gasteiger partial charge in [0.1, 0.15) is 5.92 Å². The number of hydrogen-bond donors (Lipinski definition) is 0. The highest BCUT2D eigenvalue weighted by Crippen LogP contribution is 2.46. The van der Waals surface area contributed by atoms with Gasteiger partial charge in [-0.2, -0.15) is 0 Å². The zero-order valence-corrected chi connectivity index (χ0v) is 11.6. The third-order valence-electron chi connectivity index (χ3n) is 3.88. The summed E-state index contributed by atoms with van der Waals surface area (Å²) < 4.78 is 14.1. The minimum absolute atomic E-state index is 0.310. The van der Waals surface area contributed by atoms with Crippen LogP contribution in [-0.4, -0.2) is 56.3 Å². The van der Waals surface area contributed by atoms with E-state index in [9.17, 15) is 14.4 Å². The average Bonchev–Trinajstić information content (AvgIpc) is 3.01. The lowest BCUT2D eigenvalue weighted by Crippen LogP contribution is -2.37. The summed E-state index contributed by atoms with van der Waals surface area (Å²) in [6, 6.07) is -0.633. The van der Waals surface area contributed by atoms with Gasteiger partial charge in [0.25, 0.3) is 0 Å². The molecule has 110 valence electrons. The minimum Gasteiger partial charge on any atom is -0.468 e. The van der Waals surface area contributed by atoms with Crippen molar-refractivity contribution < 1.29 is 28.6 Å². The predicted molar refractivity (Wildman–Crippen MR) is 66.7 cm³/mol. The molecule has 0 spiro atoms. The Hall–Kier alpha value is -2.05. The van der Waals surface area contributed by atoms with Gasteiger partial charge < -0.3 is 14.2 Å². The third-order valence-corrected chi connectivity index (χ3v) is 3.88. The van der Waals surface area contributed by atoms with Crippen molar-refractivity contribution in [1.82, 2.24) is 4.90 Å². The first-order valence-corrected chi connectivity index (χ1v) is 6.28. The number of nitrogens with zero attached hydrogens (tertiary/aromatic N) is 1. The molecule has 2 heterocycles. The molecule has 1 amide bonds. The lowest BCUT2D eigenvalue weighted by atomic mass is 9.84. The number of hydrogen-bond acceptors (Lipinski definition) is 6. The Labute approximate surface area is 116 Å². The van der Waals surface area contributed by atoms with Crippen molar-refractivity contribution in [3.63, 3.8) is 0 Å². The first kappa shape index (κ1) is 14.4. The van der Waals surface area contributed by atoms with Gasteiger partial charge in [-0.15, -0.1) is 0 Å². The van der Waals surface area contributed by atoms with Crippen LogP contribution in [0.3, 0.4) is 0 Å². The van der Waals surface area contributed by atoms with Crippen LogP contribution in [0.15, 0.2) is 11.6 Å². The molecule has 0 aromatic heterocycles.